The van der Waals surface area contributed by atoms with E-state index < -0.39 is 6.04 Å². The summed E-state index contributed by atoms with van der Waals surface area (Å²) < 4.78 is 5.76. The number of hydrogen-bond donors (Lipinski definition) is 2. The van der Waals surface area contributed by atoms with E-state index in [1.165, 1.54) is 0 Å². The average molecular weight is 457 g/mol. The molecule has 2 N–H and O–H groups in total. The van der Waals surface area contributed by atoms with Gasteiger partial charge in [0.1, 0.15) is 18.4 Å². The largest absolute Gasteiger partial charge is 0.489 e. The number of carbonyl (C=O) groups excluding carboxylic acids is 3. The molecule has 1 aliphatic heterocycles. The van der Waals surface area contributed by atoms with Gasteiger partial charge in [-0.3, -0.25) is 19.4 Å². The number of amides is 3. The third kappa shape index (κ3) is 4.61. The standard InChI is InChI=1S/C26H24N4O4/c31-23(29-18-6-3-7-20(13-18)34-16-17-5-4-12-27-14-17)15-28-25(32)24-21-8-1-2-9-22(21)26(33)30(24)19-10-11-19/h1-9,12-14,19,24H,10-11,15-16H2,(H,28,32)(H,29,31). The Hall–Kier alpha value is -4.20. The van der Waals surface area contributed by atoms with Crippen molar-refractivity contribution in [3.8, 4) is 5.75 Å². The molecule has 3 amide bonds. The summed E-state index contributed by atoms with van der Waals surface area (Å²) >= 11 is 0. The van der Waals surface area contributed by atoms with Gasteiger partial charge in [0.25, 0.3) is 5.91 Å². The van der Waals surface area contributed by atoms with Gasteiger partial charge in [-0.2, -0.15) is 0 Å². The molecule has 1 atom stereocenters. The number of carbonyl (C=O) groups is 3. The first-order chi connectivity index (χ1) is 16.6. The topological polar surface area (TPSA) is 101 Å². The zero-order valence-corrected chi connectivity index (χ0v) is 18.4. The highest BCUT2D eigenvalue weighted by atomic mass is 16.5. The second-order valence-corrected chi connectivity index (χ2v) is 8.38. The molecule has 2 aliphatic rings. The number of hydrogen-bond acceptors (Lipinski definition) is 5. The maximum Gasteiger partial charge on any atom is 0.255 e. The van der Waals surface area contributed by atoms with E-state index in [0.717, 1.165) is 18.4 Å². The minimum absolute atomic E-state index is 0.0823. The molecule has 1 aliphatic carbocycles. The molecule has 3 aromatic rings. The van der Waals surface area contributed by atoms with Crippen LogP contribution in [0.1, 0.15) is 40.4 Å². The minimum atomic E-state index is -0.701. The van der Waals surface area contributed by atoms with E-state index in [9.17, 15) is 14.4 Å². The van der Waals surface area contributed by atoms with Gasteiger partial charge in [-0.1, -0.05) is 30.3 Å². The second kappa shape index (κ2) is 9.35. The molecule has 0 spiro atoms. The molecule has 8 nitrogen and oxygen atoms in total. The summed E-state index contributed by atoms with van der Waals surface area (Å²) in [5.74, 6) is -0.236. The molecular formula is C26H24N4O4. The van der Waals surface area contributed by atoms with Crippen molar-refractivity contribution in [2.45, 2.75) is 31.5 Å². The number of anilines is 1. The number of pyridine rings is 1. The summed E-state index contributed by atoms with van der Waals surface area (Å²) in [7, 11) is 0. The summed E-state index contributed by atoms with van der Waals surface area (Å²) in [5, 5.41) is 5.47. The fraction of sp³-hybridized carbons (Fsp3) is 0.231. The van der Waals surface area contributed by atoms with Gasteiger partial charge >= 0.3 is 0 Å². The lowest BCUT2D eigenvalue weighted by Gasteiger charge is -2.24. The van der Waals surface area contributed by atoms with E-state index in [-0.39, 0.29) is 30.3 Å². The van der Waals surface area contributed by atoms with Crippen LogP contribution >= 0.6 is 0 Å². The molecule has 1 aromatic heterocycles. The zero-order valence-electron chi connectivity index (χ0n) is 18.4. The number of fused-ring (bicyclic) bond motifs is 1. The van der Waals surface area contributed by atoms with Crippen LogP contribution in [0.4, 0.5) is 5.69 Å². The lowest BCUT2D eigenvalue weighted by molar-refractivity contribution is -0.127. The Bertz CT molecular complexity index is 1230. The Morgan fingerprint density at radius 2 is 1.91 bits per heavy atom. The van der Waals surface area contributed by atoms with Gasteiger partial charge in [0, 0.05) is 41.3 Å². The van der Waals surface area contributed by atoms with Gasteiger partial charge < -0.3 is 20.3 Å². The van der Waals surface area contributed by atoms with Crippen molar-refractivity contribution in [2.75, 3.05) is 11.9 Å². The number of aromatic nitrogens is 1. The van der Waals surface area contributed by atoms with Crippen molar-refractivity contribution in [2.24, 2.45) is 0 Å². The first-order valence-electron chi connectivity index (χ1n) is 11.2. The van der Waals surface area contributed by atoms with E-state index >= 15 is 0 Å². The Kier molecular flexibility index (Phi) is 5.95. The van der Waals surface area contributed by atoms with Crippen LogP contribution in [-0.4, -0.2) is 40.2 Å². The van der Waals surface area contributed by atoms with E-state index in [1.54, 1.807) is 59.8 Å². The summed E-state index contributed by atoms with van der Waals surface area (Å²) in [6.45, 7) is 0.158. The van der Waals surface area contributed by atoms with Crippen molar-refractivity contribution in [1.82, 2.24) is 15.2 Å². The molecule has 1 fully saturated rings. The highest BCUT2D eigenvalue weighted by molar-refractivity contribution is 6.05. The van der Waals surface area contributed by atoms with Crippen molar-refractivity contribution < 1.29 is 19.1 Å². The number of ether oxygens (including phenoxy) is 1. The molecule has 1 saturated carbocycles. The normalized spacial score (nSPS) is 16.6. The molecule has 2 aromatic carbocycles. The lowest BCUT2D eigenvalue weighted by atomic mass is 10.0. The molecule has 5 rings (SSSR count). The van der Waals surface area contributed by atoms with Crippen LogP contribution in [0, 0.1) is 0 Å². The minimum Gasteiger partial charge on any atom is -0.489 e. The summed E-state index contributed by atoms with van der Waals surface area (Å²) in [5.41, 5.74) is 2.74. The van der Waals surface area contributed by atoms with Crippen LogP contribution in [0.25, 0.3) is 0 Å². The smallest absolute Gasteiger partial charge is 0.255 e. The van der Waals surface area contributed by atoms with Gasteiger partial charge in [-0.25, -0.2) is 0 Å². The first-order valence-corrected chi connectivity index (χ1v) is 11.2. The fourth-order valence-corrected chi connectivity index (χ4v) is 4.12. The fourth-order valence-electron chi connectivity index (χ4n) is 4.12. The molecule has 34 heavy (non-hydrogen) atoms. The predicted octanol–water partition coefficient (Wildman–Crippen LogP) is 3.07. The van der Waals surface area contributed by atoms with Crippen molar-refractivity contribution in [3.63, 3.8) is 0 Å². The maximum atomic E-state index is 13.0. The van der Waals surface area contributed by atoms with Gasteiger partial charge in [0.2, 0.25) is 11.8 Å². The number of rotatable bonds is 8. The van der Waals surface area contributed by atoms with Crippen LogP contribution in [0.2, 0.25) is 0 Å². The monoisotopic (exact) mass is 456 g/mol. The van der Waals surface area contributed by atoms with Crippen molar-refractivity contribution in [1.29, 1.82) is 0 Å². The Labute approximate surface area is 196 Å². The van der Waals surface area contributed by atoms with E-state index in [1.807, 2.05) is 18.2 Å². The van der Waals surface area contributed by atoms with Crippen LogP contribution in [0.3, 0.4) is 0 Å². The highest BCUT2D eigenvalue weighted by Gasteiger charge is 2.47. The molecule has 2 heterocycles. The lowest BCUT2D eigenvalue weighted by Crippen LogP contribution is -2.42. The third-order valence-corrected chi connectivity index (χ3v) is 5.86. The van der Waals surface area contributed by atoms with E-state index in [0.29, 0.717) is 29.2 Å². The number of nitrogens with one attached hydrogen (secondary N) is 2. The summed E-state index contributed by atoms with van der Waals surface area (Å²) in [4.78, 5) is 44.0. The molecular weight excluding hydrogens is 432 g/mol. The third-order valence-electron chi connectivity index (χ3n) is 5.86. The molecule has 0 saturated heterocycles. The molecule has 0 bridgehead atoms. The maximum absolute atomic E-state index is 13.0. The molecule has 0 radical (unpaired) electrons. The number of nitrogens with zero attached hydrogens (tertiary/aromatic N) is 2. The van der Waals surface area contributed by atoms with Gasteiger partial charge in [0.05, 0.1) is 6.54 Å². The Morgan fingerprint density at radius 1 is 1.06 bits per heavy atom. The van der Waals surface area contributed by atoms with Gasteiger partial charge in [-0.15, -0.1) is 0 Å². The molecule has 172 valence electrons. The van der Waals surface area contributed by atoms with Gasteiger partial charge in [0.15, 0.2) is 0 Å². The van der Waals surface area contributed by atoms with Crippen LogP contribution in [0.5, 0.6) is 5.75 Å². The Balaban J connectivity index is 1.18. The van der Waals surface area contributed by atoms with Crippen molar-refractivity contribution >= 4 is 23.4 Å². The summed E-state index contributed by atoms with van der Waals surface area (Å²) in [6.07, 6.45) is 5.21. The highest BCUT2D eigenvalue weighted by Crippen LogP contribution is 2.41. The van der Waals surface area contributed by atoms with Gasteiger partial charge in [-0.05, 0) is 42.7 Å². The average Bonchev–Trinajstić information content (AvgIpc) is 3.66. The number of benzene rings is 2. The van der Waals surface area contributed by atoms with Crippen LogP contribution in [0.15, 0.2) is 73.1 Å². The summed E-state index contributed by atoms with van der Waals surface area (Å²) in [6, 6.07) is 17.4. The zero-order chi connectivity index (χ0) is 23.5. The predicted molar refractivity (Wildman–Crippen MR) is 125 cm³/mol. The quantitative estimate of drug-likeness (QED) is 0.543. The van der Waals surface area contributed by atoms with Crippen molar-refractivity contribution in [3.05, 3.63) is 89.7 Å². The van der Waals surface area contributed by atoms with E-state index in [4.69, 9.17) is 4.74 Å². The second-order valence-electron chi connectivity index (χ2n) is 8.38. The van der Waals surface area contributed by atoms with Crippen LogP contribution < -0.4 is 15.4 Å². The van der Waals surface area contributed by atoms with Crippen LogP contribution in [-0.2, 0) is 16.2 Å². The molecule has 1 unspecified atom stereocenters. The SMILES string of the molecule is O=C(CNC(=O)C1c2ccccc2C(=O)N1C1CC1)Nc1cccc(OCc2cccnc2)c1. The molecule has 8 heteroatoms. The first kappa shape index (κ1) is 21.6. The Morgan fingerprint density at radius 3 is 2.71 bits per heavy atom. The van der Waals surface area contributed by atoms with E-state index in [2.05, 4.69) is 15.6 Å².